The molecule has 0 radical (unpaired) electrons. The van der Waals surface area contributed by atoms with E-state index in [4.69, 9.17) is 0 Å². The van der Waals surface area contributed by atoms with E-state index in [-0.39, 0.29) is 0 Å². The van der Waals surface area contributed by atoms with E-state index in [0.29, 0.717) is 0 Å². The summed E-state index contributed by atoms with van der Waals surface area (Å²) in [7, 11) is 0. The molecule has 0 nitrogen and oxygen atoms in total. The molecule has 2 aliphatic rings. The number of hydrogen-bond donors (Lipinski definition) is 0. The monoisotopic (exact) mass is 122 g/mol. The van der Waals surface area contributed by atoms with Crippen LogP contribution < -0.4 is 0 Å². The van der Waals surface area contributed by atoms with E-state index >= 15 is 0 Å². The first-order valence-electron chi connectivity index (χ1n) is 4.08. The lowest BCUT2D eigenvalue weighted by Gasteiger charge is -2.14. The molecule has 0 amide bonds. The highest BCUT2D eigenvalue weighted by Crippen LogP contribution is 2.44. The summed E-state index contributed by atoms with van der Waals surface area (Å²) in [6, 6.07) is 0. The van der Waals surface area contributed by atoms with Gasteiger partial charge in [-0.2, -0.15) is 0 Å². The Bertz CT molecular complexity index is 135. The summed E-state index contributed by atoms with van der Waals surface area (Å²) in [6.45, 7) is 2.32. The van der Waals surface area contributed by atoms with Gasteiger partial charge >= 0.3 is 0 Å². The quantitative estimate of drug-likeness (QED) is 0.469. The van der Waals surface area contributed by atoms with Gasteiger partial charge in [-0.25, -0.2) is 0 Å². The highest BCUT2D eigenvalue weighted by atomic mass is 14.4. The van der Waals surface area contributed by atoms with Crippen molar-refractivity contribution in [1.29, 1.82) is 0 Å². The first kappa shape index (κ1) is 5.52. The molecule has 0 aromatic carbocycles. The number of allylic oxidation sites excluding steroid dienone is 2. The van der Waals surface area contributed by atoms with Crippen molar-refractivity contribution in [3.63, 3.8) is 0 Å². The average Bonchev–Trinajstić information content (AvgIpc) is 2.45. The van der Waals surface area contributed by atoms with Crippen molar-refractivity contribution >= 4 is 0 Å². The summed E-state index contributed by atoms with van der Waals surface area (Å²) in [5.41, 5.74) is 0. The van der Waals surface area contributed by atoms with Crippen molar-refractivity contribution in [3.05, 3.63) is 12.2 Å². The molecule has 9 heavy (non-hydrogen) atoms. The molecule has 0 unspecified atom stereocenters. The average molecular weight is 122 g/mol. The Morgan fingerprint density at radius 3 is 2.56 bits per heavy atom. The van der Waals surface area contributed by atoms with Crippen LogP contribution >= 0.6 is 0 Å². The number of fused-ring (bicyclic) bond motifs is 2. The summed E-state index contributed by atoms with van der Waals surface area (Å²) < 4.78 is 0. The van der Waals surface area contributed by atoms with Crippen LogP contribution in [0, 0.1) is 17.8 Å². The largest absolute Gasteiger partial charge is 0.0851 e. The summed E-state index contributed by atoms with van der Waals surface area (Å²) in [4.78, 5) is 0. The zero-order valence-electron chi connectivity index (χ0n) is 6.01. The maximum absolute atomic E-state index is 2.43. The molecule has 0 heteroatoms. The lowest BCUT2D eigenvalue weighted by Crippen LogP contribution is -2.04. The fourth-order valence-corrected chi connectivity index (χ4v) is 2.36. The molecule has 0 spiro atoms. The van der Waals surface area contributed by atoms with Crippen LogP contribution in [0.5, 0.6) is 0 Å². The van der Waals surface area contributed by atoms with Crippen LogP contribution in [-0.4, -0.2) is 0 Å². The van der Waals surface area contributed by atoms with Gasteiger partial charge in [0, 0.05) is 0 Å². The Morgan fingerprint density at radius 1 is 1.33 bits per heavy atom. The van der Waals surface area contributed by atoms with E-state index in [1.165, 1.54) is 19.3 Å². The molecular formula is C9H14. The maximum Gasteiger partial charge on any atom is -0.0199 e. The molecule has 2 bridgehead atoms. The van der Waals surface area contributed by atoms with Gasteiger partial charge < -0.3 is 0 Å². The molecule has 2 rings (SSSR count). The second-order valence-electron chi connectivity index (χ2n) is 3.45. The zero-order chi connectivity index (χ0) is 6.27. The zero-order valence-corrected chi connectivity index (χ0v) is 6.01. The molecule has 0 aromatic rings. The molecule has 0 N–H and O–H groups in total. The van der Waals surface area contributed by atoms with Crippen LogP contribution in [0.4, 0.5) is 0 Å². The van der Waals surface area contributed by atoms with Crippen molar-refractivity contribution in [2.45, 2.75) is 26.2 Å². The third-order valence-corrected chi connectivity index (χ3v) is 2.94. The molecule has 2 aliphatic carbocycles. The molecule has 3 atom stereocenters. The predicted molar refractivity (Wildman–Crippen MR) is 39.1 cm³/mol. The second kappa shape index (κ2) is 1.86. The van der Waals surface area contributed by atoms with Gasteiger partial charge in [-0.3, -0.25) is 0 Å². The summed E-state index contributed by atoms with van der Waals surface area (Å²) >= 11 is 0. The molecule has 0 aromatic heterocycles. The van der Waals surface area contributed by atoms with Crippen molar-refractivity contribution in [1.82, 2.24) is 0 Å². The smallest absolute Gasteiger partial charge is 0.0199 e. The van der Waals surface area contributed by atoms with Gasteiger partial charge in [0.2, 0.25) is 0 Å². The van der Waals surface area contributed by atoms with Gasteiger partial charge in [0.15, 0.2) is 0 Å². The topological polar surface area (TPSA) is 0 Å². The van der Waals surface area contributed by atoms with Crippen LogP contribution in [0.2, 0.25) is 0 Å². The third kappa shape index (κ3) is 0.726. The summed E-state index contributed by atoms with van der Waals surface area (Å²) in [5.74, 6) is 2.99. The first-order chi connectivity index (χ1) is 4.40. The van der Waals surface area contributed by atoms with E-state index in [2.05, 4.69) is 19.1 Å². The highest BCUT2D eigenvalue weighted by Gasteiger charge is 2.33. The molecule has 0 heterocycles. The van der Waals surface area contributed by atoms with Gasteiger partial charge in [0.25, 0.3) is 0 Å². The molecule has 0 aliphatic heterocycles. The standard InChI is InChI=1S/C9H14/c1-2-8-5-7-3-4-9(8)6-7/h3-4,7-9H,2,5-6H2,1H3/t7-,8-,9-/m1/s1. The summed E-state index contributed by atoms with van der Waals surface area (Å²) in [6.07, 6.45) is 9.20. The molecule has 50 valence electrons. The normalized spacial score (nSPS) is 46.6. The van der Waals surface area contributed by atoms with Gasteiger partial charge in [-0.05, 0) is 30.6 Å². The Balaban J connectivity index is 2.10. The Hall–Kier alpha value is -0.260. The fraction of sp³-hybridized carbons (Fsp3) is 0.778. The van der Waals surface area contributed by atoms with E-state index in [0.717, 1.165) is 17.8 Å². The molecule has 1 saturated carbocycles. The van der Waals surface area contributed by atoms with Crippen molar-refractivity contribution in [2.75, 3.05) is 0 Å². The highest BCUT2D eigenvalue weighted by molar-refractivity contribution is 5.09. The lowest BCUT2D eigenvalue weighted by molar-refractivity contribution is 0.434. The van der Waals surface area contributed by atoms with E-state index in [9.17, 15) is 0 Å². The van der Waals surface area contributed by atoms with E-state index < -0.39 is 0 Å². The van der Waals surface area contributed by atoms with Crippen LogP contribution in [0.15, 0.2) is 12.2 Å². The first-order valence-corrected chi connectivity index (χ1v) is 4.08. The minimum absolute atomic E-state index is 0.972. The molecule has 1 fully saturated rings. The second-order valence-corrected chi connectivity index (χ2v) is 3.45. The maximum atomic E-state index is 2.43. The van der Waals surface area contributed by atoms with Crippen LogP contribution in [0.3, 0.4) is 0 Å². The Morgan fingerprint density at radius 2 is 2.22 bits per heavy atom. The molecular weight excluding hydrogens is 108 g/mol. The van der Waals surface area contributed by atoms with E-state index in [1.54, 1.807) is 0 Å². The van der Waals surface area contributed by atoms with Crippen LogP contribution in [0.25, 0.3) is 0 Å². The van der Waals surface area contributed by atoms with E-state index in [1.807, 2.05) is 0 Å². The van der Waals surface area contributed by atoms with Crippen molar-refractivity contribution in [2.24, 2.45) is 17.8 Å². The van der Waals surface area contributed by atoms with Gasteiger partial charge in [0.1, 0.15) is 0 Å². The van der Waals surface area contributed by atoms with Crippen molar-refractivity contribution in [3.8, 4) is 0 Å². The lowest BCUT2D eigenvalue weighted by atomic mass is 9.91. The van der Waals surface area contributed by atoms with Gasteiger partial charge in [-0.15, -0.1) is 0 Å². The number of hydrogen-bond acceptors (Lipinski definition) is 0. The minimum Gasteiger partial charge on any atom is -0.0851 e. The predicted octanol–water partition coefficient (Wildman–Crippen LogP) is 2.61. The molecule has 0 saturated heterocycles. The van der Waals surface area contributed by atoms with Crippen LogP contribution in [-0.2, 0) is 0 Å². The van der Waals surface area contributed by atoms with Gasteiger partial charge in [0.05, 0.1) is 0 Å². The summed E-state index contributed by atoms with van der Waals surface area (Å²) in [5, 5.41) is 0. The third-order valence-electron chi connectivity index (χ3n) is 2.94. The fourth-order valence-electron chi connectivity index (χ4n) is 2.36. The van der Waals surface area contributed by atoms with Gasteiger partial charge in [-0.1, -0.05) is 25.5 Å². The van der Waals surface area contributed by atoms with Crippen molar-refractivity contribution < 1.29 is 0 Å². The Labute approximate surface area is 57.0 Å². The number of rotatable bonds is 1. The van der Waals surface area contributed by atoms with Crippen LogP contribution in [0.1, 0.15) is 26.2 Å². The minimum atomic E-state index is 0.972. The SMILES string of the molecule is CC[C@@H]1C[C@H]2C=C[C@@H]1C2. The Kier molecular flexibility index (Phi) is 1.14.